The second-order valence-electron chi connectivity index (χ2n) is 8.45. The van der Waals surface area contributed by atoms with Crippen LogP contribution in [0, 0.1) is 6.92 Å². The topological polar surface area (TPSA) is 69.0 Å². The van der Waals surface area contributed by atoms with E-state index in [1.165, 1.54) is 25.7 Å². The van der Waals surface area contributed by atoms with E-state index in [4.69, 9.17) is 16.3 Å². The molecule has 1 amide bonds. The molecule has 0 bridgehead atoms. The number of hydrogen-bond acceptors (Lipinski definition) is 5. The minimum absolute atomic E-state index is 0.00429. The van der Waals surface area contributed by atoms with Crippen LogP contribution in [0.2, 0.25) is 5.02 Å². The summed E-state index contributed by atoms with van der Waals surface area (Å²) in [6, 6.07) is 4.36. The van der Waals surface area contributed by atoms with Gasteiger partial charge in [0.25, 0.3) is 5.91 Å². The molecule has 0 saturated heterocycles. The number of nitrogens with one attached hydrogen (secondary N) is 1. The van der Waals surface area contributed by atoms with E-state index in [1.807, 2.05) is 25.3 Å². The molecule has 0 spiro atoms. The van der Waals surface area contributed by atoms with E-state index in [1.54, 1.807) is 11.8 Å². The number of carbonyl (C=O) groups excluding carboxylic acids is 1. The largest absolute Gasteiger partial charge is 0.483 e. The minimum atomic E-state index is -0.121. The van der Waals surface area contributed by atoms with Crippen molar-refractivity contribution >= 4 is 29.3 Å². The van der Waals surface area contributed by atoms with E-state index in [0.29, 0.717) is 12.6 Å². The molecular formula is C23H33ClN4O2S. The Labute approximate surface area is 194 Å². The lowest BCUT2D eigenvalue weighted by atomic mass is 10.0. The van der Waals surface area contributed by atoms with Gasteiger partial charge in [0.2, 0.25) is 0 Å². The second kappa shape index (κ2) is 11.2. The lowest BCUT2D eigenvalue weighted by Gasteiger charge is -2.16. The predicted molar refractivity (Wildman–Crippen MR) is 126 cm³/mol. The fraction of sp³-hybridized carbons (Fsp3) is 0.609. The van der Waals surface area contributed by atoms with Crippen LogP contribution in [0.4, 0.5) is 0 Å². The third-order valence-corrected chi connectivity index (χ3v) is 6.83. The number of carbonyl (C=O) groups is 1. The van der Waals surface area contributed by atoms with Crippen molar-refractivity contribution in [1.29, 1.82) is 0 Å². The van der Waals surface area contributed by atoms with Crippen molar-refractivity contribution in [2.24, 2.45) is 0 Å². The predicted octanol–water partition coefficient (Wildman–Crippen LogP) is 5.33. The molecular weight excluding hydrogens is 432 g/mol. The van der Waals surface area contributed by atoms with Crippen LogP contribution in [0.3, 0.4) is 0 Å². The summed E-state index contributed by atoms with van der Waals surface area (Å²) in [7, 11) is 0. The van der Waals surface area contributed by atoms with Crippen LogP contribution < -0.4 is 10.1 Å². The van der Waals surface area contributed by atoms with Gasteiger partial charge in [0, 0.05) is 24.0 Å². The molecule has 3 rings (SSSR count). The number of ether oxygens (including phenoxy) is 1. The molecule has 8 heteroatoms. The average molecular weight is 465 g/mol. The van der Waals surface area contributed by atoms with Crippen molar-refractivity contribution in [3.8, 4) is 5.75 Å². The van der Waals surface area contributed by atoms with Gasteiger partial charge in [-0.05, 0) is 61.6 Å². The van der Waals surface area contributed by atoms with Gasteiger partial charge in [0.05, 0.1) is 0 Å². The number of aryl methyl sites for hydroxylation is 2. The quantitative estimate of drug-likeness (QED) is 0.380. The Kier molecular flexibility index (Phi) is 8.67. The smallest absolute Gasteiger partial charge is 0.257 e. The first-order chi connectivity index (χ1) is 14.9. The van der Waals surface area contributed by atoms with Gasteiger partial charge in [0.1, 0.15) is 11.6 Å². The van der Waals surface area contributed by atoms with Crippen molar-refractivity contribution in [3.63, 3.8) is 0 Å². The molecule has 31 heavy (non-hydrogen) atoms. The monoisotopic (exact) mass is 464 g/mol. The molecule has 1 N–H and O–H groups in total. The highest BCUT2D eigenvalue weighted by atomic mass is 35.5. The van der Waals surface area contributed by atoms with Gasteiger partial charge >= 0.3 is 0 Å². The zero-order chi connectivity index (χ0) is 22.4. The Morgan fingerprint density at radius 2 is 2.06 bits per heavy atom. The number of aromatic nitrogens is 3. The molecule has 1 saturated carbocycles. The van der Waals surface area contributed by atoms with Crippen molar-refractivity contribution in [2.75, 3.05) is 19.4 Å². The van der Waals surface area contributed by atoms with Gasteiger partial charge in [-0.1, -0.05) is 50.1 Å². The van der Waals surface area contributed by atoms with Crippen molar-refractivity contribution in [3.05, 3.63) is 34.1 Å². The van der Waals surface area contributed by atoms with E-state index < -0.39 is 0 Å². The molecule has 0 aliphatic heterocycles. The van der Waals surface area contributed by atoms with Crippen LogP contribution in [0.15, 0.2) is 17.3 Å². The van der Waals surface area contributed by atoms with Gasteiger partial charge in [0.15, 0.2) is 11.8 Å². The molecule has 0 unspecified atom stereocenters. The molecule has 1 aromatic carbocycles. The number of hydrogen-bond donors (Lipinski definition) is 1. The third kappa shape index (κ3) is 6.16. The number of rotatable bonds is 10. The lowest BCUT2D eigenvalue weighted by Crippen LogP contribution is -2.30. The van der Waals surface area contributed by atoms with Gasteiger partial charge < -0.3 is 14.6 Å². The fourth-order valence-electron chi connectivity index (χ4n) is 4.06. The van der Waals surface area contributed by atoms with Crippen LogP contribution in [-0.4, -0.2) is 40.1 Å². The number of thioether (sulfide) groups is 1. The zero-order valence-electron chi connectivity index (χ0n) is 18.9. The zero-order valence-corrected chi connectivity index (χ0v) is 20.5. The molecule has 1 aromatic heterocycles. The molecule has 170 valence electrons. The van der Waals surface area contributed by atoms with E-state index in [0.717, 1.165) is 45.7 Å². The highest BCUT2D eigenvalue weighted by Crippen LogP contribution is 2.34. The number of halogens is 1. The summed E-state index contributed by atoms with van der Waals surface area (Å²) in [5.41, 5.74) is 1.96. The Hall–Kier alpha value is -1.73. The van der Waals surface area contributed by atoms with Gasteiger partial charge in [-0.2, -0.15) is 0 Å². The summed E-state index contributed by atoms with van der Waals surface area (Å²) in [4.78, 5) is 12.3. The summed E-state index contributed by atoms with van der Waals surface area (Å²) in [5, 5.41) is 13.4. The number of benzene rings is 1. The lowest BCUT2D eigenvalue weighted by molar-refractivity contribution is -0.123. The van der Waals surface area contributed by atoms with Crippen LogP contribution in [0.25, 0.3) is 0 Å². The normalized spacial score (nSPS) is 14.4. The summed E-state index contributed by atoms with van der Waals surface area (Å²) in [6.45, 7) is 6.69. The van der Waals surface area contributed by atoms with E-state index in [2.05, 4.69) is 33.9 Å². The van der Waals surface area contributed by atoms with Gasteiger partial charge in [-0.3, -0.25) is 4.79 Å². The summed E-state index contributed by atoms with van der Waals surface area (Å²) >= 11 is 7.89. The SMILES string of the molecule is CSc1nnc(CCCNC(=O)COc2cc(C)c(Cl)cc2C(C)C)n1C1CCCC1. The molecule has 1 fully saturated rings. The molecule has 6 nitrogen and oxygen atoms in total. The standard InChI is InChI=1S/C23H33ClN4O2S/c1-15(2)18-13-19(24)16(3)12-20(18)30-14-22(29)25-11-7-10-21-26-27-23(31-4)28(21)17-8-5-6-9-17/h12-13,15,17H,5-11,14H2,1-4H3,(H,25,29). The van der Waals surface area contributed by atoms with Crippen LogP contribution in [0.1, 0.15) is 74.9 Å². The average Bonchev–Trinajstić information content (AvgIpc) is 3.40. The highest BCUT2D eigenvalue weighted by molar-refractivity contribution is 7.98. The molecule has 1 aliphatic carbocycles. The molecule has 1 heterocycles. The second-order valence-corrected chi connectivity index (χ2v) is 9.63. The van der Waals surface area contributed by atoms with Crippen molar-refractivity contribution in [2.45, 2.75) is 76.4 Å². The summed E-state index contributed by atoms with van der Waals surface area (Å²) in [6.07, 6.45) is 8.63. The van der Waals surface area contributed by atoms with E-state index in [-0.39, 0.29) is 18.4 Å². The Balaban J connectivity index is 1.48. The maximum absolute atomic E-state index is 12.3. The third-order valence-electron chi connectivity index (χ3n) is 5.78. The van der Waals surface area contributed by atoms with Gasteiger partial charge in [-0.25, -0.2) is 0 Å². The van der Waals surface area contributed by atoms with Crippen LogP contribution in [0.5, 0.6) is 5.75 Å². The first-order valence-electron chi connectivity index (χ1n) is 11.1. The summed E-state index contributed by atoms with van der Waals surface area (Å²) < 4.78 is 8.13. The first-order valence-corrected chi connectivity index (χ1v) is 12.7. The van der Waals surface area contributed by atoms with Gasteiger partial charge in [-0.15, -0.1) is 10.2 Å². The molecule has 2 aromatic rings. The highest BCUT2D eigenvalue weighted by Gasteiger charge is 2.23. The molecule has 0 radical (unpaired) electrons. The maximum atomic E-state index is 12.3. The van der Waals surface area contributed by atoms with Crippen LogP contribution in [-0.2, 0) is 11.2 Å². The Morgan fingerprint density at radius 3 is 2.74 bits per heavy atom. The minimum Gasteiger partial charge on any atom is -0.483 e. The van der Waals surface area contributed by atoms with E-state index in [9.17, 15) is 4.79 Å². The first kappa shape index (κ1) is 23.9. The van der Waals surface area contributed by atoms with Crippen molar-refractivity contribution < 1.29 is 9.53 Å². The van der Waals surface area contributed by atoms with Crippen molar-refractivity contribution in [1.82, 2.24) is 20.1 Å². The molecule has 0 atom stereocenters. The van der Waals surface area contributed by atoms with Crippen LogP contribution >= 0.6 is 23.4 Å². The Bertz CT molecular complexity index is 894. The maximum Gasteiger partial charge on any atom is 0.257 e. The fourth-order valence-corrected chi connectivity index (χ4v) is 4.81. The summed E-state index contributed by atoms with van der Waals surface area (Å²) in [5.74, 6) is 1.89. The number of amides is 1. The Morgan fingerprint density at radius 1 is 1.32 bits per heavy atom. The van der Waals surface area contributed by atoms with E-state index >= 15 is 0 Å². The number of nitrogens with zero attached hydrogens (tertiary/aromatic N) is 3. The molecule has 1 aliphatic rings.